The number of carboxylic acid groups (broad SMARTS) is 4. The highest BCUT2D eigenvalue weighted by Gasteiger charge is 1.96. The van der Waals surface area contributed by atoms with E-state index in [2.05, 4.69) is 4.89 Å². The summed E-state index contributed by atoms with van der Waals surface area (Å²) < 4.78 is 4.86. The minimum absolute atomic E-state index is 0.169. The number of rotatable bonds is 4. The van der Waals surface area contributed by atoms with Crippen molar-refractivity contribution >= 4 is 12.3 Å². The molecule has 5 N–H and O–H groups in total. The minimum atomic E-state index is -1.83. The highest BCUT2D eigenvalue weighted by atomic mass is 17.1. The number of carbonyl (C=O) groups is 2. The number of hydrogen-bond acceptors (Lipinski definition) is 5. The first-order chi connectivity index (χ1) is 7.27. The van der Waals surface area contributed by atoms with E-state index in [0.717, 1.165) is 6.42 Å². The summed E-state index contributed by atoms with van der Waals surface area (Å²) in [6, 6.07) is 0. The third kappa shape index (κ3) is 82.9. The van der Waals surface area contributed by atoms with Crippen LogP contribution in [0.15, 0.2) is 0 Å². The molecule has 0 bridgehead atoms. The lowest BCUT2D eigenvalue weighted by atomic mass is 10.3. The van der Waals surface area contributed by atoms with Crippen molar-refractivity contribution < 1.29 is 44.9 Å². The molecule has 0 heterocycles. The van der Waals surface area contributed by atoms with Crippen molar-refractivity contribution in [2.24, 2.45) is 0 Å². The van der Waals surface area contributed by atoms with E-state index in [4.69, 9.17) is 40.0 Å². The predicted octanol–water partition coefficient (Wildman–Crippen LogP) is 1.35. The van der Waals surface area contributed by atoms with Crippen molar-refractivity contribution in [3.8, 4) is 0 Å². The molecule has 0 radical (unpaired) electrons. The summed E-state index contributed by atoms with van der Waals surface area (Å²) in [5, 5.41) is 35.7. The molecule has 9 heteroatoms. The Morgan fingerprint density at radius 1 is 1.12 bits per heavy atom. The van der Waals surface area contributed by atoms with Crippen LogP contribution in [-0.2, 0) is 9.62 Å². The van der Waals surface area contributed by atoms with Gasteiger partial charge >= 0.3 is 12.3 Å². The van der Waals surface area contributed by atoms with Gasteiger partial charge in [0.25, 0.3) is 0 Å². The SMILES string of the molecule is COC(C)CCOO.O=C(O)O.O=C(O)O. The van der Waals surface area contributed by atoms with E-state index in [1.54, 1.807) is 7.11 Å². The van der Waals surface area contributed by atoms with Crippen molar-refractivity contribution in [3.63, 3.8) is 0 Å². The molecule has 0 aliphatic rings. The van der Waals surface area contributed by atoms with Crippen molar-refractivity contribution in [2.45, 2.75) is 19.4 Å². The Hall–Kier alpha value is -1.58. The summed E-state index contributed by atoms with van der Waals surface area (Å²) in [6.07, 6.45) is -2.77. The van der Waals surface area contributed by atoms with Gasteiger partial charge in [0, 0.05) is 7.11 Å². The zero-order chi connectivity index (χ0) is 13.6. The second kappa shape index (κ2) is 15.9. The summed E-state index contributed by atoms with van der Waals surface area (Å²) in [4.78, 5) is 20.9. The van der Waals surface area contributed by atoms with Gasteiger partial charge in [0.1, 0.15) is 0 Å². The zero-order valence-electron chi connectivity index (χ0n) is 8.86. The van der Waals surface area contributed by atoms with E-state index in [-0.39, 0.29) is 6.10 Å². The van der Waals surface area contributed by atoms with Crippen LogP contribution in [0.4, 0.5) is 9.59 Å². The largest absolute Gasteiger partial charge is 0.503 e. The fourth-order valence-corrected chi connectivity index (χ4v) is 0.337. The average Bonchev–Trinajstić information content (AvgIpc) is 2.12. The Kier molecular flexibility index (Phi) is 19.8. The van der Waals surface area contributed by atoms with Gasteiger partial charge in [0.15, 0.2) is 0 Å². The van der Waals surface area contributed by atoms with E-state index < -0.39 is 12.3 Å². The lowest BCUT2D eigenvalue weighted by molar-refractivity contribution is -0.245. The van der Waals surface area contributed by atoms with Gasteiger partial charge in [-0.15, -0.1) is 0 Å². The normalized spacial score (nSPS) is 9.94. The number of methoxy groups -OCH3 is 1. The van der Waals surface area contributed by atoms with Gasteiger partial charge < -0.3 is 25.2 Å². The summed E-state index contributed by atoms with van der Waals surface area (Å²) in [6.45, 7) is 2.26. The molecular weight excluding hydrogens is 228 g/mol. The van der Waals surface area contributed by atoms with Crippen LogP contribution < -0.4 is 0 Å². The van der Waals surface area contributed by atoms with Crippen molar-refractivity contribution in [1.29, 1.82) is 0 Å². The summed E-state index contributed by atoms with van der Waals surface area (Å²) >= 11 is 0. The summed E-state index contributed by atoms with van der Waals surface area (Å²) in [7, 11) is 1.63. The van der Waals surface area contributed by atoms with E-state index in [1.807, 2.05) is 6.92 Å². The molecule has 0 rings (SSSR count). The quantitative estimate of drug-likeness (QED) is 0.364. The molecule has 98 valence electrons. The van der Waals surface area contributed by atoms with Crippen LogP contribution >= 0.6 is 0 Å². The van der Waals surface area contributed by atoms with E-state index in [1.165, 1.54) is 0 Å². The molecule has 1 atom stereocenters. The Bertz CT molecular complexity index is 149. The molecule has 0 aliphatic carbocycles. The van der Waals surface area contributed by atoms with Crippen molar-refractivity contribution in [3.05, 3.63) is 0 Å². The molecule has 0 aliphatic heterocycles. The van der Waals surface area contributed by atoms with E-state index in [0.29, 0.717) is 6.61 Å². The van der Waals surface area contributed by atoms with Crippen LogP contribution in [0.25, 0.3) is 0 Å². The maximum absolute atomic E-state index is 8.56. The molecule has 0 aromatic rings. The maximum Gasteiger partial charge on any atom is 0.503 e. The third-order valence-electron chi connectivity index (χ3n) is 1.02. The second-order valence-electron chi connectivity index (χ2n) is 2.23. The molecular formula is C7H16O9. The molecule has 0 aromatic heterocycles. The molecule has 0 aromatic carbocycles. The first-order valence-electron chi connectivity index (χ1n) is 3.90. The fourth-order valence-electron chi connectivity index (χ4n) is 0.337. The minimum Gasteiger partial charge on any atom is -0.450 e. The fraction of sp³-hybridized carbons (Fsp3) is 0.714. The molecule has 1 unspecified atom stereocenters. The highest BCUT2D eigenvalue weighted by molar-refractivity contribution is 5.53. The summed E-state index contributed by atoms with van der Waals surface area (Å²) in [5.41, 5.74) is 0. The molecule has 0 saturated carbocycles. The van der Waals surface area contributed by atoms with Crippen molar-refractivity contribution in [1.82, 2.24) is 0 Å². The van der Waals surface area contributed by atoms with Crippen LogP contribution in [-0.4, -0.2) is 57.8 Å². The van der Waals surface area contributed by atoms with Crippen LogP contribution in [0, 0.1) is 0 Å². The summed E-state index contributed by atoms with van der Waals surface area (Å²) in [5.74, 6) is 0. The maximum atomic E-state index is 8.56. The highest BCUT2D eigenvalue weighted by Crippen LogP contribution is 1.93. The van der Waals surface area contributed by atoms with Gasteiger partial charge in [-0.1, -0.05) is 0 Å². The topological polar surface area (TPSA) is 154 Å². The Morgan fingerprint density at radius 3 is 1.62 bits per heavy atom. The van der Waals surface area contributed by atoms with Gasteiger partial charge in [-0.2, -0.15) is 0 Å². The second-order valence-corrected chi connectivity index (χ2v) is 2.23. The number of ether oxygens (including phenoxy) is 1. The van der Waals surface area contributed by atoms with Crippen molar-refractivity contribution in [2.75, 3.05) is 13.7 Å². The molecule has 16 heavy (non-hydrogen) atoms. The van der Waals surface area contributed by atoms with E-state index >= 15 is 0 Å². The molecule has 9 nitrogen and oxygen atoms in total. The standard InChI is InChI=1S/C5H12O3.2CH2O3/c1-5(7-2)3-4-8-6;2*2-1(3)4/h5-6H,3-4H2,1-2H3;2*(H2,2,3,4). The predicted molar refractivity (Wildman–Crippen MR) is 51.0 cm³/mol. The molecule has 0 saturated heterocycles. The monoisotopic (exact) mass is 244 g/mol. The van der Waals surface area contributed by atoms with Gasteiger partial charge in [-0.25, -0.2) is 14.5 Å². The van der Waals surface area contributed by atoms with Gasteiger partial charge in [0.05, 0.1) is 12.7 Å². The van der Waals surface area contributed by atoms with Crippen LogP contribution in [0.3, 0.4) is 0 Å². The lowest BCUT2D eigenvalue weighted by Crippen LogP contribution is -2.07. The Balaban J connectivity index is -0.000000179. The smallest absolute Gasteiger partial charge is 0.450 e. The van der Waals surface area contributed by atoms with Gasteiger partial charge in [-0.3, -0.25) is 5.26 Å². The first kappa shape index (κ1) is 19.9. The van der Waals surface area contributed by atoms with Crippen LogP contribution in [0.1, 0.15) is 13.3 Å². The third-order valence-corrected chi connectivity index (χ3v) is 1.02. The van der Waals surface area contributed by atoms with Gasteiger partial charge in [-0.05, 0) is 13.3 Å². The van der Waals surface area contributed by atoms with Gasteiger partial charge in [0.2, 0.25) is 0 Å². The Morgan fingerprint density at radius 2 is 1.44 bits per heavy atom. The van der Waals surface area contributed by atoms with E-state index in [9.17, 15) is 0 Å². The first-order valence-corrected chi connectivity index (χ1v) is 3.90. The molecule has 0 amide bonds. The zero-order valence-corrected chi connectivity index (χ0v) is 8.86. The molecule has 0 fully saturated rings. The number of hydrogen-bond donors (Lipinski definition) is 5. The lowest BCUT2D eigenvalue weighted by Gasteiger charge is -2.05. The average molecular weight is 244 g/mol. The van der Waals surface area contributed by atoms with Crippen LogP contribution in [0.2, 0.25) is 0 Å². The Labute approximate surface area is 91.4 Å². The van der Waals surface area contributed by atoms with Crippen LogP contribution in [0.5, 0.6) is 0 Å². The molecule has 0 spiro atoms.